The van der Waals surface area contributed by atoms with Crippen LogP contribution in [0.5, 0.6) is 11.5 Å². The smallest absolute Gasteiger partial charge is 0.260 e. The van der Waals surface area contributed by atoms with Crippen LogP contribution in [0.3, 0.4) is 0 Å². The third-order valence-electron chi connectivity index (χ3n) is 5.10. The lowest BCUT2D eigenvalue weighted by Crippen LogP contribution is -2.40. The van der Waals surface area contributed by atoms with Crippen molar-refractivity contribution in [3.63, 3.8) is 0 Å². The molecule has 0 bridgehead atoms. The Balaban J connectivity index is 1.39. The molecule has 0 saturated carbocycles. The second-order valence-corrected chi connectivity index (χ2v) is 7.10. The summed E-state index contributed by atoms with van der Waals surface area (Å²) < 4.78 is 11.0. The zero-order valence-corrected chi connectivity index (χ0v) is 16.7. The summed E-state index contributed by atoms with van der Waals surface area (Å²) in [5.41, 5.74) is 1.22. The first-order valence-corrected chi connectivity index (χ1v) is 9.90. The van der Waals surface area contributed by atoms with Crippen molar-refractivity contribution < 1.29 is 14.3 Å². The normalized spacial score (nSPS) is 14.6. The second kappa shape index (κ2) is 9.97. The zero-order valence-electron chi connectivity index (χ0n) is 16.7. The summed E-state index contributed by atoms with van der Waals surface area (Å²) in [6.45, 7) is 5.43. The molecule has 6 heteroatoms. The van der Waals surface area contributed by atoms with Gasteiger partial charge in [0.15, 0.2) is 6.61 Å². The largest absolute Gasteiger partial charge is 0.494 e. The van der Waals surface area contributed by atoms with E-state index in [1.54, 1.807) is 4.90 Å². The predicted octanol–water partition coefficient (Wildman–Crippen LogP) is 3.23. The molecule has 1 saturated heterocycles. The van der Waals surface area contributed by atoms with Gasteiger partial charge in [-0.15, -0.1) is 0 Å². The van der Waals surface area contributed by atoms with Crippen LogP contribution < -0.4 is 14.4 Å². The predicted molar refractivity (Wildman–Crippen MR) is 110 cm³/mol. The van der Waals surface area contributed by atoms with E-state index in [0.717, 1.165) is 38.2 Å². The third-order valence-corrected chi connectivity index (χ3v) is 5.10. The van der Waals surface area contributed by atoms with Crippen LogP contribution in [0.2, 0.25) is 0 Å². The quantitative estimate of drug-likeness (QED) is 0.700. The summed E-state index contributed by atoms with van der Waals surface area (Å²) in [6, 6.07) is 11.5. The van der Waals surface area contributed by atoms with Crippen LogP contribution in [0, 0.1) is 5.92 Å². The minimum atomic E-state index is 0.00504. The molecule has 0 unspecified atom stereocenters. The van der Waals surface area contributed by atoms with Crippen molar-refractivity contribution in [1.82, 2.24) is 9.88 Å². The second-order valence-electron chi connectivity index (χ2n) is 7.10. The van der Waals surface area contributed by atoms with Crippen LogP contribution in [0.1, 0.15) is 19.8 Å². The number of ether oxygens (including phenoxy) is 2. The SMILES string of the molecule is CCOc1ccc(OCC(=O)N(C)CC2CCN(c3ccncc3)CC2)cc1. The number of nitrogens with zero attached hydrogens (tertiary/aromatic N) is 3. The van der Waals surface area contributed by atoms with Gasteiger partial charge in [0, 0.05) is 44.8 Å². The molecular weight excluding hydrogens is 354 g/mol. The maximum Gasteiger partial charge on any atom is 0.260 e. The fourth-order valence-electron chi connectivity index (χ4n) is 3.47. The molecule has 0 aliphatic carbocycles. The molecule has 0 spiro atoms. The number of benzene rings is 1. The van der Waals surface area contributed by atoms with E-state index >= 15 is 0 Å². The van der Waals surface area contributed by atoms with Crippen molar-refractivity contribution in [3.05, 3.63) is 48.8 Å². The Hall–Kier alpha value is -2.76. The number of carbonyl (C=O) groups excluding carboxylic acids is 1. The van der Waals surface area contributed by atoms with Gasteiger partial charge in [0.25, 0.3) is 5.91 Å². The molecule has 0 atom stereocenters. The molecule has 0 N–H and O–H groups in total. The van der Waals surface area contributed by atoms with Gasteiger partial charge in [-0.25, -0.2) is 0 Å². The van der Waals surface area contributed by atoms with Crippen LogP contribution in [-0.2, 0) is 4.79 Å². The first-order chi connectivity index (χ1) is 13.7. The Labute approximate surface area is 167 Å². The standard InChI is InChI=1S/C22H29N3O3/c1-3-27-20-4-6-21(7-5-20)28-17-22(26)24(2)16-18-10-14-25(15-11-18)19-8-12-23-13-9-19/h4-9,12-13,18H,3,10-11,14-17H2,1-2H3. The van der Waals surface area contributed by atoms with E-state index in [1.807, 2.05) is 62.8 Å². The van der Waals surface area contributed by atoms with Crippen molar-refractivity contribution >= 4 is 11.6 Å². The highest BCUT2D eigenvalue weighted by Gasteiger charge is 2.22. The van der Waals surface area contributed by atoms with E-state index in [9.17, 15) is 4.79 Å². The lowest BCUT2D eigenvalue weighted by Gasteiger charge is -2.35. The molecule has 1 aromatic carbocycles. The van der Waals surface area contributed by atoms with E-state index in [2.05, 4.69) is 9.88 Å². The first-order valence-electron chi connectivity index (χ1n) is 9.90. The van der Waals surface area contributed by atoms with E-state index in [1.165, 1.54) is 5.69 Å². The van der Waals surface area contributed by atoms with Crippen molar-refractivity contribution in [2.75, 3.05) is 44.8 Å². The summed E-state index contributed by atoms with van der Waals surface area (Å²) in [6.07, 6.45) is 5.83. The molecule has 0 radical (unpaired) electrons. The van der Waals surface area contributed by atoms with Gasteiger partial charge in [-0.05, 0) is 62.1 Å². The molecule has 2 heterocycles. The first kappa shape index (κ1) is 20.0. The molecule has 1 fully saturated rings. The third kappa shape index (κ3) is 5.62. The van der Waals surface area contributed by atoms with E-state index in [0.29, 0.717) is 18.3 Å². The highest BCUT2D eigenvalue weighted by Crippen LogP contribution is 2.23. The van der Waals surface area contributed by atoms with Crippen molar-refractivity contribution in [1.29, 1.82) is 0 Å². The molecule has 2 aromatic rings. The molecule has 28 heavy (non-hydrogen) atoms. The number of carbonyl (C=O) groups is 1. The van der Waals surface area contributed by atoms with Crippen LogP contribution >= 0.6 is 0 Å². The van der Waals surface area contributed by atoms with Crippen LogP contribution in [0.25, 0.3) is 0 Å². The van der Waals surface area contributed by atoms with Gasteiger partial charge >= 0.3 is 0 Å². The average molecular weight is 383 g/mol. The Kier molecular flexibility index (Phi) is 7.12. The number of hydrogen-bond acceptors (Lipinski definition) is 5. The summed E-state index contributed by atoms with van der Waals surface area (Å²) in [5, 5.41) is 0. The lowest BCUT2D eigenvalue weighted by molar-refractivity contribution is -0.132. The number of anilines is 1. The molecule has 1 aromatic heterocycles. The minimum absolute atomic E-state index is 0.00504. The highest BCUT2D eigenvalue weighted by atomic mass is 16.5. The molecule has 1 amide bonds. The Morgan fingerprint density at radius 1 is 1.07 bits per heavy atom. The van der Waals surface area contributed by atoms with Gasteiger partial charge < -0.3 is 19.3 Å². The average Bonchev–Trinajstić information content (AvgIpc) is 2.74. The zero-order chi connectivity index (χ0) is 19.8. The van der Waals surface area contributed by atoms with Gasteiger partial charge in [-0.1, -0.05) is 0 Å². The van der Waals surface area contributed by atoms with Gasteiger partial charge in [-0.2, -0.15) is 0 Å². The van der Waals surface area contributed by atoms with Gasteiger partial charge in [-0.3, -0.25) is 9.78 Å². The fraction of sp³-hybridized carbons (Fsp3) is 0.455. The van der Waals surface area contributed by atoms with Gasteiger partial charge in [0.1, 0.15) is 11.5 Å². The summed E-state index contributed by atoms with van der Waals surface area (Å²) >= 11 is 0. The minimum Gasteiger partial charge on any atom is -0.494 e. The fourth-order valence-corrected chi connectivity index (χ4v) is 3.47. The summed E-state index contributed by atoms with van der Waals surface area (Å²) in [5.74, 6) is 2.01. The number of hydrogen-bond donors (Lipinski definition) is 0. The number of piperidine rings is 1. The van der Waals surface area contributed by atoms with E-state index < -0.39 is 0 Å². The lowest BCUT2D eigenvalue weighted by atomic mass is 9.96. The molecule has 150 valence electrons. The van der Waals surface area contributed by atoms with E-state index in [-0.39, 0.29) is 12.5 Å². The van der Waals surface area contributed by atoms with Gasteiger partial charge in [0.05, 0.1) is 6.61 Å². The number of amides is 1. The Morgan fingerprint density at radius 2 is 1.68 bits per heavy atom. The topological polar surface area (TPSA) is 54.9 Å². The van der Waals surface area contributed by atoms with Crippen molar-refractivity contribution in [3.8, 4) is 11.5 Å². The molecule has 1 aliphatic heterocycles. The molecule has 3 rings (SSSR count). The summed E-state index contributed by atoms with van der Waals surface area (Å²) in [4.78, 5) is 20.7. The maximum atomic E-state index is 12.4. The highest BCUT2D eigenvalue weighted by molar-refractivity contribution is 5.77. The van der Waals surface area contributed by atoms with Crippen LogP contribution in [-0.4, -0.2) is 55.7 Å². The van der Waals surface area contributed by atoms with E-state index in [4.69, 9.17) is 9.47 Å². The van der Waals surface area contributed by atoms with Crippen molar-refractivity contribution in [2.24, 2.45) is 5.92 Å². The number of aromatic nitrogens is 1. The van der Waals surface area contributed by atoms with Crippen LogP contribution in [0.15, 0.2) is 48.8 Å². The monoisotopic (exact) mass is 383 g/mol. The molecular formula is C22H29N3O3. The number of rotatable bonds is 8. The molecule has 1 aliphatic rings. The maximum absolute atomic E-state index is 12.4. The Morgan fingerprint density at radius 3 is 2.29 bits per heavy atom. The number of likely N-dealkylation sites (N-methyl/N-ethyl adjacent to an activating group) is 1. The van der Waals surface area contributed by atoms with Crippen molar-refractivity contribution in [2.45, 2.75) is 19.8 Å². The Bertz CT molecular complexity index is 728. The molecule has 6 nitrogen and oxygen atoms in total. The van der Waals surface area contributed by atoms with Crippen LogP contribution in [0.4, 0.5) is 5.69 Å². The van der Waals surface area contributed by atoms with Gasteiger partial charge in [0.2, 0.25) is 0 Å². The number of pyridine rings is 1. The summed E-state index contributed by atoms with van der Waals surface area (Å²) in [7, 11) is 1.86.